The third-order valence-corrected chi connectivity index (χ3v) is 4.10. The molecule has 2 aliphatic heterocycles. The minimum absolute atomic E-state index is 0.173. The van der Waals surface area contributed by atoms with Gasteiger partial charge in [-0.1, -0.05) is 18.7 Å². The second-order valence-electron chi connectivity index (χ2n) is 5.02. The van der Waals surface area contributed by atoms with E-state index in [2.05, 4.69) is 17.0 Å². The van der Waals surface area contributed by atoms with Crippen molar-refractivity contribution in [1.82, 2.24) is 10.4 Å². The number of likely N-dealkylation sites (tertiary alicyclic amines) is 1. The molecule has 2 saturated heterocycles. The number of piperidine rings is 1. The molecule has 3 rings (SSSR count). The molecule has 0 amide bonds. The summed E-state index contributed by atoms with van der Waals surface area (Å²) < 4.78 is 13.0. The number of rotatable bonds is 2. The first kappa shape index (κ1) is 11.7. The molecular formula is C14H17FN2O. The molecule has 1 N–H and O–H groups in total. The lowest BCUT2D eigenvalue weighted by Crippen LogP contribution is -2.51. The van der Waals surface area contributed by atoms with Gasteiger partial charge in [0.2, 0.25) is 0 Å². The van der Waals surface area contributed by atoms with Crippen molar-refractivity contribution in [3.63, 3.8) is 0 Å². The molecule has 2 fully saturated rings. The van der Waals surface area contributed by atoms with Crippen molar-refractivity contribution in [3.8, 4) is 0 Å². The van der Waals surface area contributed by atoms with Gasteiger partial charge in [0.15, 0.2) is 0 Å². The second kappa shape index (κ2) is 4.37. The van der Waals surface area contributed by atoms with E-state index in [1.165, 1.54) is 12.1 Å². The Kier molecular flexibility index (Phi) is 2.84. The van der Waals surface area contributed by atoms with Gasteiger partial charge in [0.1, 0.15) is 5.82 Å². The van der Waals surface area contributed by atoms with Gasteiger partial charge in [-0.3, -0.25) is 0 Å². The van der Waals surface area contributed by atoms with Crippen molar-refractivity contribution in [3.05, 3.63) is 48.4 Å². The first-order valence-electron chi connectivity index (χ1n) is 6.26. The molecule has 1 aromatic carbocycles. The molecule has 18 heavy (non-hydrogen) atoms. The largest absolute Gasteiger partial charge is 0.377 e. The average Bonchev–Trinajstić information content (AvgIpc) is 2.83. The molecule has 1 aromatic rings. The minimum atomic E-state index is -0.200. The van der Waals surface area contributed by atoms with Crippen LogP contribution in [0.1, 0.15) is 12.0 Å². The number of halogens is 1. The SMILES string of the molecule is C=CN1CCC2(c3ccc(F)cc3)NOCC2C1. The third-order valence-electron chi connectivity index (χ3n) is 4.10. The molecule has 3 nitrogen and oxygen atoms in total. The Morgan fingerprint density at radius 1 is 1.44 bits per heavy atom. The normalized spacial score (nSPS) is 31.2. The van der Waals surface area contributed by atoms with Gasteiger partial charge in [-0.05, 0) is 30.3 Å². The number of nitrogens with zero attached hydrogens (tertiary/aromatic N) is 1. The summed E-state index contributed by atoms with van der Waals surface area (Å²) in [6.07, 6.45) is 2.82. The van der Waals surface area contributed by atoms with Gasteiger partial charge in [0.05, 0.1) is 12.1 Å². The molecule has 2 atom stereocenters. The van der Waals surface area contributed by atoms with Crippen LogP contribution in [0.2, 0.25) is 0 Å². The first-order chi connectivity index (χ1) is 8.74. The summed E-state index contributed by atoms with van der Waals surface area (Å²) in [4.78, 5) is 7.68. The van der Waals surface area contributed by atoms with E-state index >= 15 is 0 Å². The van der Waals surface area contributed by atoms with Gasteiger partial charge in [0.25, 0.3) is 0 Å². The van der Waals surface area contributed by atoms with E-state index in [-0.39, 0.29) is 11.4 Å². The predicted octanol–water partition coefficient (Wildman–Crippen LogP) is 2.02. The minimum Gasteiger partial charge on any atom is -0.377 e. The van der Waals surface area contributed by atoms with Gasteiger partial charge in [0, 0.05) is 19.0 Å². The highest BCUT2D eigenvalue weighted by atomic mass is 19.1. The second-order valence-corrected chi connectivity index (χ2v) is 5.02. The smallest absolute Gasteiger partial charge is 0.123 e. The average molecular weight is 248 g/mol. The van der Waals surface area contributed by atoms with Crippen LogP contribution in [0, 0.1) is 11.7 Å². The maximum absolute atomic E-state index is 13.0. The molecule has 0 spiro atoms. The van der Waals surface area contributed by atoms with Crippen LogP contribution in [0.25, 0.3) is 0 Å². The lowest BCUT2D eigenvalue weighted by molar-refractivity contribution is 0.0509. The summed E-state index contributed by atoms with van der Waals surface area (Å²) in [5.74, 6) is 0.170. The van der Waals surface area contributed by atoms with E-state index in [0.29, 0.717) is 12.5 Å². The zero-order valence-electron chi connectivity index (χ0n) is 10.2. The fourth-order valence-corrected chi connectivity index (χ4v) is 3.01. The number of hydrogen-bond acceptors (Lipinski definition) is 3. The Bertz CT molecular complexity index is 448. The Balaban J connectivity index is 1.93. The number of hydrogen-bond donors (Lipinski definition) is 1. The van der Waals surface area contributed by atoms with Crippen LogP contribution in [-0.2, 0) is 10.4 Å². The summed E-state index contributed by atoms with van der Waals surface area (Å²) in [6.45, 7) is 6.37. The molecule has 2 aliphatic rings. The van der Waals surface area contributed by atoms with Crippen molar-refractivity contribution in [2.24, 2.45) is 5.92 Å². The van der Waals surface area contributed by atoms with Crippen LogP contribution < -0.4 is 5.48 Å². The molecule has 0 aliphatic carbocycles. The van der Waals surface area contributed by atoms with Gasteiger partial charge in [-0.2, -0.15) is 5.48 Å². The van der Waals surface area contributed by atoms with E-state index in [0.717, 1.165) is 25.1 Å². The molecule has 0 bridgehead atoms. The van der Waals surface area contributed by atoms with Crippen LogP contribution in [-0.4, -0.2) is 24.6 Å². The highest BCUT2D eigenvalue weighted by molar-refractivity contribution is 5.28. The summed E-state index contributed by atoms with van der Waals surface area (Å²) in [6, 6.07) is 6.74. The van der Waals surface area contributed by atoms with Gasteiger partial charge in [-0.15, -0.1) is 0 Å². The molecule has 4 heteroatoms. The highest BCUT2D eigenvalue weighted by Gasteiger charge is 2.48. The predicted molar refractivity (Wildman–Crippen MR) is 67.0 cm³/mol. The highest BCUT2D eigenvalue weighted by Crippen LogP contribution is 2.41. The van der Waals surface area contributed by atoms with E-state index in [1.807, 2.05) is 18.3 Å². The van der Waals surface area contributed by atoms with Crippen molar-refractivity contribution < 1.29 is 9.23 Å². The van der Waals surface area contributed by atoms with Crippen LogP contribution in [0.5, 0.6) is 0 Å². The lowest BCUT2D eigenvalue weighted by Gasteiger charge is -2.42. The first-order valence-corrected chi connectivity index (χ1v) is 6.26. The molecule has 2 unspecified atom stereocenters. The Hall–Kier alpha value is -1.39. The lowest BCUT2D eigenvalue weighted by atomic mass is 9.74. The van der Waals surface area contributed by atoms with Gasteiger partial charge < -0.3 is 9.74 Å². The third kappa shape index (κ3) is 1.72. The molecule has 0 saturated carbocycles. The fourth-order valence-electron chi connectivity index (χ4n) is 3.01. The van der Waals surface area contributed by atoms with Crippen molar-refractivity contribution in [2.75, 3.05) is 19.7 Å². The van der Waals surface area contributed by atoms with Crippen molar-refractivity contribution in [1.29, 1.82) is 0 Å². The Morgan fingerprint density at radius 2 is 2.22 bits per heavy atom. The molecule has 0 radical (unpaired) electrons. The maximum atomic E-state index is 13.0. The summed E-state index contributed by atoms with van der Waals surface area (Å²) in [5.41, 5.74) is 4.10. The van der Waals surface area contributed by atoms with Crippen molar-refractivity contribution in [2.45, 2.75) is 12.0 Å². The van der Waals surface area contributed by atoms with E-state index in [1.54, 1.807) is 0 Å². The topological polar surface area (TPSA) is 24.5 Å². The molecule has 0 aromatic heterocycles. The van der Waals surface area contributed by atoms with Crippen molar-refractivity contribution >= 4 is 0 Å². The molecule has 96 valence electrons. The van der Waals surface area contributed by atoms with E-state index in [9.17, 15) is 4.39 Å². The monoisotopic (exact) mass is 248 g/mol. The summed E-state index contributed by atoms with van der Waals surface area (Å²) in [5, 5.41) is 0. The fraction of sp³-hybridized carbons (Fsp3) is 0.429. The zero-order valence-corrected chi connectivity index (χ0v) is 10.2. The van der Waals surface area contributed by atoms with Gasteiger partial charge in [-0.25, -0.2) is 4.39 Å². The number of hydroxylamine groups is 1. The Labute approximate surface area is 106 Å². The summed E-state index contributed by atoms with van der Waals surface area (Å²) in [7, 11) is 0. The van der Waals surface area contributed by atoms with E-state index < -0.39 is 0 Å². The number of benzene rings is 1. The van der Waals surface area contributed by atoms with Crippen LogP contribution >= 0.6 is 0 Å². The Morgan fingerprint density at radius 3 is 2.94 bits per heavy atom. The summed E-state index contributed by atoms with van der Waals surface area (Å²) >= 11 is 0. The van der Waals surface area contributed by atoms with Crippen LogP contribution in [0.15, 0.2) is 37.0 Å². The zero-order chi connectivity index (χ0) is 12.6. The van der Waals surface area contributed by atoms with Crippen LogP contribution in [0.4, 0.5) is 4.39 Å². The van der Waals surface area contributed by atoms with Crippen LogP contribution in [0.3, 0.4) is 0 Å². The molecule has 2 heterocycles. The van der Waals surface area contributed by atoms with E-state index in [4.69, 9.17) is 4.84 Å². The maximum Gasteiger partial charge on any atom is 0.123 e. The number of nitrogens with one attached hydrogen (secondary N) is 1. The van der Waals surface area contributed by atoms with Gasteiger partial charge >= 0.3 is 0 Å². The number of fused-ring (bicyclic) bond motifs is 1. The quantitative estimate of drug-likeness (QED) is 0.866. The molecular weight excluding hydrogens is 231 g/mol. The standard InChI is InChI=1S/C14H17FN2O/c1-2-17-8-7-14(12(9-17)10-18-16-14)11-3-5-13(15)6-4-11/h2-6,12,16H,1,7-10H2.